The third kappa shape index (κ3) is 8.59. The van der Waals surface area contributed by atoms with E-state index in [2.05, 4.69) is 16.5 Å². The molecule has 1 aliphatic rings. The van der Waals surface area contributed by atoms with E-state index in [1.165, 1.54) is 7.11 Å². The summed E-state index contributed by atoms with van der Waals surface area (Å²) in [6, 6.07) is 14.5. The molecule has 1 saturated carbocycles. The largest absolute Gasteiger partial charge is 0.496 e. The van der Waals surface area contributed by atoms with Crippen molar-refractivity contribution >= 4 is 34.1 Å². The summed E-state index contributed by atoms with van der Waals surface area (Å²) < 4.78 is 58.1. The minimum absolute atomic E-state index is 0.0766. The van der Waals surface area contributed by atoms with Gasteiger partial charge in [0.15, 0.2) is 5.69 Å². The number of methoxy groups -OCH3 is 1. The lowest BCUT2D eigenvalue weighted by Gasteiger charge is -2.36. The number of esters is 1. The summed E-state index contributed by atoms with van der Waals surface area (Å²) in [4.78, 5) is 37.6. The van der Waals surface area contributed by atoms with Crippen LogP contribution in [0.5, 0.6) is 11.5 Å². The highest BCUT2D eigenvalue weighted by Gasteiger charge is 2.42. The van der Waals surface area contributed by atoms with Gasteiger partial charge in [-0.15, -0.1) is 17.9 Å². The average Bonchev–Trinajstić information content (AvgIpc) is 3.61. The van der Waals surface area contributed by atoms with Gasteiger partial charge in [-0.2, -0.15) is 13.2 Å². The van der Waals surface area contributed by atoms with Gasteiger partial charge in [0.25, 0.3) is 0 Å². The van der Waals surface area contributed by atoms with E-state index in [9.17, 15) is 22.8 Å². The molecule has 5 rings (SSSR count). The molecule has 2 aromatic carbocycles. The number of amides is 1. The highest BCUT2D eigenvalue weighted by molar-refractivity contribution is 7.13. The fourth-order valence-electron chi connectivity index (χ4n) is 6.17. The number of ether oxygens (including phenoxy) is 3. The zero-order chi connectivity index (χ0) is 35.1. The van der Waals surface area contributed by atoms with E-state index >= 15 is 0 Å². The Balaban J connectivity index is 1.43. The number of pyridine rings is 1. The maximum atomic E-state index is 13.7. The summed E-state index contributed by atoms with van der Waals surface area (Å²) >= 11 is 0.842. The summed E-state index contributed by atoms with van der Waals surface area (Å²) in [5, 5.41) is 1.69. The van der Waals surface area contributed by atoms with Gasteiger partial charge in [-0.3, -0.25) is 9.59 Å². The maximum Gasteiger partial charge on any atom is 0.434 e. The van der Waals surface area contributed by atoms with Gasteiger partial charge in [-0.1, -0.05) is 36.4 Å². The van der Waals surface area contributed by atoms with E-state index in [1.54, 1.807) is 30.1 Å². The number of halogens is 3. The molecule has 3 atom stereocenters. The van der Waals surface area contributed by atoms with Crippen LogP contribution in [-0.2, 0) is 27.1 Å². The first-order valence-electron chi connectivity index (χ1n) is 16.2. The van der Waals surface area contributed by atoms with Crippen molar-refractivity contribution in [2.24, 2.45) is 11.8 Å². The second kappa shape index (κ2) is 15.8. The summed E-state index contributed by atoms with van der Waals surface area (Å²) in [6.45, 7) is 6.21. The number of aromatic nitrogens is 2. The molecule has 0 spiro atoms. The van der Waals surface area contributed by atoms with Gasteiger partial charge < -0.3 is 19.1 Å². The van der Waals surface area contributed by atoms with Crippen molar-refractivity contribution in [1.82, 2.24) is 14.9 Å². The molecule has 260 valence electrons. The molecule has 1 aliphatic carbocycles. The van der Waals surface area contributed by atoms with Crippen LogP contribution < -0.4 is 9.47 Å². The lowest BCUT2D eigenvalue weighted by atomic mass is 9.77. The van der Waals surface area contributed by atoms with Crippen LogP contribution in [0.2, 0.25) is 0 Å². The number of hydrogen-bond donors (Lipinski definition) is 0. The highest BCUT2D eigenvalue weighted by Crippen LogP contribution is 2.41. The molecule has 2 heterocycles. The van der Waals surface area contributed by atoms with Gasteiger partial charge in [0.05, 0.1) is 30.6 Å². The fourth-order valence-corrected chi connectivity index (χ4v) is 6.96. The quantitative estimate of drug-likeness (QED) is 0.0788. The Labute approximate surface area is 287 Å². The van der Waals surface area contributed by atoms with Crippen LogP contribution in [-0.4, -0.2) is 53.6 Å². The number of aryl methyl sites for hydroxylation is 1. The summed E-state index contributed by atoms with van der Waals surface area (Å²) in [5.41, 5.74) is 1.24. The van der Waals surface area contributed by atoms with Gasteiger partial charge in [0, 0.05) is 36.0 Å². The van der Waals surface area contributed by atoms with Gasteiger partial charge in [-0.25, -0.2) is 9.97 Å². The van der Waals surface area contributed by atoms with Crippen molar-refractivity contribution in [3.8, 4) is 22.2 Å². The molecule has 0 aliphatic heterocycles. The van der Waals surface area contributed by atoms with E-state index in [-0.39, 0.29) is 29.6 Å². The number of fused-ring (bicyclic) bond motifs is 1. The average molecular weight is 696 g/mol. The highest BCUT2D eigenvalue weighted by atomic mass is 32.1. The van der Waals surface area contributed by atoms with Crippen LogP contribution in [0.3, 0.4) is 0 Å². The zero-order valence-corrected chi connectivity index (χ0v) is 28.6. The molecule has 2 aromatic heterocycles. The van der Waals surface area contributed by atoms with Crippen molar-refractivity contribution in [3.63, 3.8) is 0 Å². The number of hydrogen-bond acceptors (Lipinski definition) is 8. The van der Waals surface area contributed by atoms with Crippen molar-refractivity contribution < 1.29 is 37.0 Å². The molecule has 0 bridgehead atoms. The Bertz CT molecular complexity index is 1780. The Morgan fingerprint density at radius 1 is 1.06 bits per heavy atom. The summed E-state index contributed by atoms with van der Waals surface area (Å²) in [7, 11) is 3.29. The van der Waals surface area contributed by atoms with Crippen molar-refractivity contribution in [2.45, 2.75) is 64.3 Å². The van der Waals surface area contributed by atoms with E-state index in [0.717, 1.165) is 41.5 Å². The first-order valence-corrected chi connectivity index (χ1v) is 17.1. The van der Waals surface area contributed by atoms with Gasteiger partial charge >= 0.3 is 12.1 Å². The minimum atomic E-state index is -4.59. The molecule has 0 unspecified atom stereocenters. The normalized spacial score (nSPS) is 17.8. The topological polar surface area (TPSA) is 90.9 Å². The molecular weight excluding hydrogens is 655 g/mol. The predicted octanol–water partition coefficient (Wildman–Crippen LogP) is 8.42. The maximum absolute atomic E-state index is 13.7. The van der Waals surface area contributed by atoms with E-state index in [1.807, 2.05) is 43.3 Å². The van der Waals surface area contributed by atoms with E-state index in [4.69, 9.17) is 14.2 Å². The predicted molar refractivity (Wildman–Crippen MR) is 182 cm³/mol. The number of carbonyl (C=O) groups excluding carboxylic acids is 2. The van der Waals surface area contributed by atoms with Crippen LogP contribution in [0.15, 0.2) is 66.6 Å². The molecule has 8 nitrogen and oxygen atoms in total. The smallest absolute Gasteiger partial charge is 0.434 e. The number of allylic oxidation sites excluding steroid dienone is 1. The molecule has 49 heavy (non-hydrogen) atoms. The Morgan fingerprint density at radius 3 is 2.53 bits per heavy atom. The van der Waals surface area contributed by atoms with E-state index in [0.29, 0.717) is 47.4 Å². The first kappa shape index (κ1) is 35.8. The summed E-state index contributed by atoms with van der Waals surface area (Å²) in [5.74, 6) is -0.971. The molecule has 0 radical (unpaired) electrons. The Hall–Kier alpha value is -4.45. The van der Waals surface area contributed by atoms with E-state index < -0.39 is 35.8 Å². The van der Waals surface area contributed by atoms with Crippen LogP contribution in [0.25, 0.3) is 21.6 Å². The third-order valence-corrected chi connectivity index (χ3v) is 9.71. The minimum Gasteiger partial charge on any atom is -0.496 e. The van der Waals surface area contributed by atoms with Crippen LogP contribution in [0, 0.1) is 18.8 Å². The first-order chi connectivity index (χ1) is 23.5. The third-order valence-electron chi connectivity index (χ3n) is 8.85. The zero-order valence-electron chi connectivity index (χ0n) is 27.8. The molecule has 1 fully saturated rings. The monoisotopic (exact) mass is 695 g/mol. The number of alkyl halides is 3. The second-order valence-corrected chi connectivity index (χ2v) is 13.1. The summed E-state index contributed by atoms with van der Waals surface area (Å²) in [6.07, 6.45) is 0.467. The number of nitrogens with zero attached hydrogens (tertiary/aromatic N) is 3. The van der Waals surface area contributed by atoms with Gasteiger partial charge in [-0.05, 0) is 63.1 Å². The SMILES string of the molecule is C=CCCCCN(C)C(=O)[C@@H]1CC[C@H](Oc2cc(-c3nc(C(F)(F)F)cs3)nc3c(C)c(OC)ccc23)C[C@H]1C(=O)OCc1ccccc1. The molecule has 12 heteroatoms. The molecule has 4 aromatic rings. The van der Waals surface area contributed by atoms with Gasteiger partial charge in [0.1, 0.15) is 28.8 Å². The fraction of sp³-hybridized carbons (Fsp3) is 0.405. The molecule has 1 amide bonds. The molecular formula is C37H40F3N3O5S. The number of carbonyl (C=O) groups is 2. The number of thiazole rings is 1. The second-order valence-electron chi connectivity index (χ2n) is 12.2. The standard InChI is InChI=1S/C37H40F3N3O5S/c1-5-6-7-11-18-43(3)35(44)26-15-14-25(19-28(26)36(45)47-21-24-12-9-8-10-13-24)48-31-20-29(34-42-32(22-49-34)37(38,39)40)41-33-23(2)30(46-4)17-16-27(31)33/h5,8-10,12-13,16-17,20,22,25-26,28H,1,6-7,11,14-15,18-19,21H2,2-4H3/t25-,26+,28+/m0/s1. The van der Waals surface area contributed by atoms with Crippen LogP contribution >= 0.6 is 11.3 Å². The van der Waals surface area contributed by atoms with Crippen molar-refractivity contribution in [2.75, 3.05) is 20.7 Å². The number of rotatable bonds is 13. The number of unbranched alkanes of at least 4 members (excludes halogenated alkanes) is 2. The lowest BCUT2D eigenvalue weighted by Crippen LogP contribution is -2.45. The molecule has 0 N–H and O–H groups in total. The van der Waals surface area contributed by atoms with Crippen LogP contribution in [0.4, 0.5) is 13.2 Å². The Kier molecular flexibility index (Phi) is 11.6. The van der Waals surface area contributed by atoms with Crippen LogP contribution in [0.1, 0.15) is 55.3 Å². The van der Waals surface area contributed by atoms with Gasteiger partial charge in [0.2, 0.25) is 5.91 Å². The molecule has 0 saturated heterocycles. The lowest BCUT2D eigenvalue weighted by molar-refractivity contribution is -0.159. The number of benzene rings is 2. The van der Waals surface area contributed by atoms with Crippen molar-refractivity contribution in [1.29, 1.82) is 0 Å². The van der Waals surface area contributed by atoms with Crippen molar-refractivity contribution in [3.05, 3.63) is 83.4 Å². The Morgan fingerprint density at radius 2 is 1.84 bits per heavy atom.